The van der Waals surface area contributed by atoms with Crippen molar-refractivity contribution in [2.75, 3.05) is 37.7 Å². The lowest BCUT2D eigenvalue weighted by molar-refractivity contribution is -0.137. The van der Waals surface area contributed by atoms with Crippen LogP contribution >= 0.6 is 0 Å². The van der Waals surface area contributed by atoms with Crippen LogP contribution in [0.15, 0.2) is 31.0 Å². The van der Waals surface area contributed by atoms with E-state index in [4.69, 9.17) is 5.84 Å². The van der Waals surface area contributed by atoms with Gasteiger partial charge in [0, 0.05) is 51.0 Å². The Kier molecular flexibility index (Phi) is 8.52. The van der Waals surface area contributed by atoms with E-state index in [1.54, 1.807) is 11.2 Å². The van der Waals surface area contributed by atoms with Gasteiger partial charge < -0.3 is 4.90 Å². The highest BCUT2D eigenvalue weighted by Gasteiger charge is 2.35. The van der Waals surface area contributed by atoms with E-state index in [1.807, 2.05) is 19.9 Å². The summed E-state index contributed by atoms with van der Waals surface area (Å²) >= 11 is 0. The number of piperazine rings is 1. The number of carbonyl (C=O) groups excluding carboxylic acids is 1. The number of hydrogen-bond donors (Lipinski definition) is 1. The first-order chi connectivity index (χ1) is 15.1. The first-order valence-electron chi connectivity index (χ1n) is 12.1. The number of carbonyl (C=O) groups is 1. The van der Waals surface area contributed by atoms with Crippen molar-refractivity contribution in [2.45, 2.75) is 71.5 Å². The molecule has 0 saturated carbocycles. The zero-order valence-corrected chi connectivity index (χ0v) is 19.7. The number of piperidine rings is 1. The van der Waals surface area contributed by atoms with Gasteiger partial charge in [-0.3, -0.25) is 19.6 Å². The van der Waals surface area contributed by atoms with Gasteiger partial charge in [-0.15, -0.1) is 0 Å². The van der Waals surface area contributed by atoms with E-state index in [1.165, 1.54) is 36.8 Å². The van der Waals surface area contributed by atoms with E-state index in [2.05, 4.69) is 40.3 Å². The maximum absolute atomic E-state index is 13.0. The first-order valence-corrected chi connectivity index (χ1v) is 12.1. The number of rotatable bonds is 5. The molecule has 0 aliphatic carbocycles. The molecule has 2 fully saturated rings. The van der Waals surface area contributed by atoms with Crippen LogP contribution in [-0.4, -0.2) is 65.4 Å². The molecule has 3 aliphatic rings. The molecule has 0 spiro atoms. The maximum Gasteiger partial charge on any atom is 0.236 e. The summed E-state index contributed by atoms with van der Waals surface area (Å²) in [5, 5.41) is 1.55. The van der Waals surface area contributed by atoms with Gasteiger partial charge in [0.25, 0.3) is 0 Å². The number of anilines is 1. The third kappa shape index (κ3) is 5.48. The zero-order valence-electron chi connectivity index (χ0n) is 19.7. The Labute approximate surface area is 188 Å². The molecule has 2 N–H and O–H groups in total. The number of amides is 1. The zero-order chi connectivity index (χ0) is 22.4. The minimum atomic E-state index is 0.295. The Bertz CT molecular complexity index is 751. The predicted molar refractivity (Wildman–Crippen MR) is 129 cm³/mol. The molecule has 1 amide bonds. The van der Waals surface area contributed by atoms with Crippen LogP contribution in [0.1, 0.15) is 57.6 Å². The summed E-state index contributed by atoms with van der Waals surface area (Å²) in [5.74, 6) is 6.21. The molecule has 6 heteroatoms. The molecule has 0 aromatic heterocycles. The van der Waals surface area contributed by atoms with Gasteiger partial charge >= 0.3 is 0 Å². The Balaban J connectivity index is 0.00000132. The highest BCUT2D eigenvalue weighted by Crippen LogP contribution is 2.28. The van der Waals surface area contributed by atoms with Gasteiger partial charge in [0.15, 0.2) is 0 Å². The Morgan fingerprint density at radius 1 is 1.23 bits per heavy atom. The standard InChI is InChI=1S/C23H35N5O.C2H6/c1-3-20-6-5-7-22-16-26(12-13-27(20)22)23(29)17-25-11-10-18-14-21(28(24)4-2)9-8-19(18)15-25;1-2/h4,8-9,14,20,22H,2-3,5-7,10-13,15-17,24H2,1H3;1-2H3. The van der Waals surface area contributed by atoms with Gasteiger partial charge in [0.05, 0.1) is 12.2 Å². The molecule has 4 rings (SSSR count). The van der Waals surface area contributed by atoms with Crippen molar-refractivity contribution in [3.63, 3.8) is 0 Å². The fourth-order valence-electron chi connectivity index (χ4n) is 5.32. The summed E-state index contributed by atoms with van der Waals surface area (Å²) in [5.41, 5.74) is 3.58. The van der Waals surface area contributed by atoms with E-state index in [0.717, 1.165) is 50.9 Å². The molecule has 31 heavy (non-hydrogen) atoms. The summed E-state index contributed by atoms with van der Waals surface area (Å²) in [6.45, 7) is 15.1. The van der Waals surface area contributed by atoms with Gasteiger partial charge in [0.2, 0.25) is 5.91 Å². The van der Waals surface area contributed by atoms with E-state index in [-0.39, 0.29) is 0 Å². The minimum absolute atomic E-state index is 0.295. The van der Waals surface area contributed by atoms with Crippen LogP contribution in [-0.2, 0) is 17.8 Å². The number of hydrazine groups is 1. The fourth-order valence-corrected chi connectivity index (χ4v) is 5.32. The van der Waals surface area contributed by atoms with Crippen molar-refractivity contribution in [1.82, 2.24) is 14.7 Å². The smallest absolute Gasteiger partial charge is 0.236 e. The van der Waals surface area contributed by atoms with Crippen molar-refractivity contribution in [2.24, 2.45) is 5.84 Å². The first kappa shape index (κ1) is 23.8. The number of nitrogens with two attached hydrogens (primary N) is 1. The lowest BCUT2D eigenvalue weighted by Gasteiger charge is -2.48. The van der Waals surface area contributed by atoms with E-state index in [0.29, 0.717) is 18.5 Å². The highest BCUT2D eigenvalue weighted by molar-refractivity contribution is 5.78. The molecular weight excluding hydrogens is 386 g/mol. The quantitative estimate of drug-likeness (QED) is 0.577. The van der Waals surface area contributed by atoms with Gasteiger partial charge in [0.1, 0.15) is 0 Å². The minimum Gasteiger partial charge on any atom is -0.339 e. The number of nitrogens with zero attached hydrogens (tertiary/aromatic N) is 4. The molecule has 1 aromatic rings. The lowest BCUT2D eigenvalue weighted by Crippen LogP contribution is -2.60. The lowest BCUT2D eigenvalue weighted by atomic mass is 9.92. The number of hydrogen-bond acceptors (Lipinski definition) is 5. The fraction of sp³-hybridized carbons (Fsp3) is 0.640. The molecular formula is C25H41N5O. The molecule has 1 aromatic carbocycles. The van der Waals surface area contributed by atoms with Crippen molar-refractivity contribution in [3.05, 3.63) is 42.1 Å². The van der Waals surface area contributed by atoms with Crippen LogP contribution in [0.5, 0.6) is 0 Å². The summed E-state index contributed by atoms with van der Waals surface area (Å²) in [7, 11) is 0. The van der Waals surface area contributed by atoms with Crippen molar-refractivity contribution >= 4 is 11.6 Å². The highest BCUT2D eigenvalue weighted by atomic mass is 16.2. The van der Waals surface area contributed by atoms with Crippen molar-refractivity contribution in [3.8, 4) is 0 Å². The topological polar surface area (TPSA) is 56.1 Å². The summed E-state index contributed by atoms with van der Waals surface area (Å²) in [6, 6.07) is 7.59. The Hall–Kier alpha value is -1.89. The van der Waals surface area contributed by atoms with Crippen molar-refractivity contribution < 1.29 is 4.79 Å². The molecule has 3 aliphatic heterocycles. The average molecular weight is 428 g/mol. The van der Waals surface area contributed by atoms with Gasteiger partial charge in [-0.2, -0.15) is 0 Å². The Morgan fingerprint density at radius 2 is 2.03 bits per heavy atom. The third-order valence-electron chi connectivity index (χ3n) is 7.03. The van der Waals surface area contributed by atoms with Crippen LogP contribution in [0.3, 0.4) is 0 Å². The van der Waals surface area contributed by atoms with Crippen LogP contribution in [0.2, 0.25) is 0 Å². The Morgan fingerprint density at radius 3 is 2.77 bits per heavy atom. The molecule has 172 valence electrons. The normalized spacial score (nSPS) is 23.8. The van der Waals surface area contributed by atoms with Gasteiger partial charge in [-0.1, -0.05) is 39.8 Å². The van der Waals surface area contributed by atoms with Crippen LogP contribution in [0.4, 0.5) is 5.69 Å². The summed E-state index contributed by atoms with van der Waals surface area (Å²) < 4.78 is 0. The molecule has 6 nitrogen and oxygen atoms in total. The summed E-state index contributed by atoms with van der Waals surface area (Å²) in [6.07, 6.45) is 7.67. The van der Waals surface area contributed by atoms with Gasteiger partial charge in [-0.05, 0) is 48.9 Å². The van der Waals surface area contributed by atoms with E-state index < -0.39 is 0 Å². The maximum atomic E-state index is 13.0. The average Bonchev–Trinajstić information content (AvgIpc) is 2.83. The third-order valence-corrected chi connectivity index (χ3v) is 7.03. The van der Waals surface area contributed by atoms with Crippen LogP contribution < -0.4 is 10.9 Å². The number of benzene rings is 1. The second-order valence-electron chi connectivity index (χ2n) is 8.73. The second kappa shape index (κ2) is 11.1. The molecule has 3 heterocycles. The van der Waals surface area contributed by atoms with Crippen LogP contribution in [0, 0.1) is 0 Å². The monoisotopic (exact) mass is 427 g/mol. The summed E-state index contributed by atoms with van der Waals surface area (Å²) in [4.78, 5) is 20.1. The van der Waals surface area contributed by atoms with Crippen molar-refractivity contribution in [1.29, 1.82) is 0 Å². The SMILES string of the molecule is C=CN(N)c1ccc2c(c1)CCN(CC(=O)N1CCN3C(CC)CCCC3C1)C2.CC. The van der Waals surface area contributed by atoms with Gasteiger partial charge in [-0.25, -0.2) is 5.84 Å². The number of fused-ring (bicyclic) bond motifs is 2. The second-order valence-corrected chi connectivity index (χ2v) is 8.73. The largest absolute Gasteiger partial charge is 0.339 e. The molecule has 2 atom stereocenters. The molecule has 0 radical (unpaired) electrons. The van der Waals surface area contributed by atoms with Crippen LogP contribution in [0.25, 0.3) is 0 Å². The predicted octanol–water partition coefficient (Wildman–Crippen LogP) is 3.37. The molecule has 2 unspecified atom stereocenters. The van der Waals surface area contributed by atoms with E-state index >= 15 is 0 Å². The molecule has 0 bridgehead atoms. The van der Waals surface area contributed by atoms with E-state index in [9.17, 15) is 4.79 Å². The molecule has 2 saturated heterocycles.